The summed E-state index contributed by atoms with van der Waals surface area (Å²) in [6, 6.07) is 0. The van der Waals surface area contributed by atoms with Crippen LogP contribution in [0.1, 0.15) is 13.3 Å². The Balaban J connectivity index is 1.77. The molecule has 1 heterocycles. The van der Waals surface area contributed by atoms with Gasteiger partial charge in [-0.1, -0.05) is 6.92 Å². The summed E-state index contributed by atoms with van der Waals surface area (Å²) in [5.74, 6) is -2.46. The van der Waals surface area contributed by atoms with Crippen molar-refractivity contribution in [2.75, 3.05) is 19.6 Å². The number of carbonyl (C=O) groups excluding carboxylic acids is 1. The van der Waals surface area contributed by atoms with Crippen molar-refractivity contribution in [3.05, 3.63) is 0 Å². The molecule has 2 aliphatic rings. The van der Waals surface area contributed by atoms with Crippen molar-refractivity contribution in [2.24, 2.45) is 11.3 Å². The van der Waals surface area contributed by atoms with Gasteiger partial charge in [0.2, 0.25) is 0 Å². The molecule has 1 aliphatic carbocycles. The molecule has 0 radical (unpaired) electrons. The Morgan fingerprint density at radius 3 is 2.46 bits per heavy atom. The SMILES string of the molecule is CC(C=O)CN1CC2(C1)CC2(F)F. The molecule has 4 heteroatoms. The van der Waals surface area contributed by atoms with Gasteiger partial charge in [0, 0.05) is 32.0 Å². The van der Waals surface area contributed by atoms with Crippen LogP contribution in [0.25, 0.3) is 0 Å². The van der Waals surface area contributed by atoms with Gasteiger partial charge in [-0.2, -0.15) is 0 Å². The number of aldehydes is 1. The third-order valence-electron chi connectivity index (χ3n) is 3.04. The Morgan fingerprint density at radius 2 is 2.08 bits per heavy atom. The van der Waals surface area contributed by atoms with Crippen molar-refractivity contribution in [1.29, 1.82) is 0 Å². The van der Waals surface area contributed by atoms with Crippen LogP contribution in [0.2, 0.25) is 0 Å². The second-order valence-corrected chi connectivity index (χ2v) is 4.44. The van der Waals surface area contributed by atoms with Gasteiger partial charge in [0.25, 0.3) is 5.92 Å². The van der Waals surface area contributed by atoms with E-state index in [1.165, 1.54) is 0 Å². The zero-order chi connectivity index (χ0) is 9.69. The van der Waals surface area contributed by atoms with E-state index >= 15 is 0 Å². The molecule has 0 aromatic carbocycles. The van der Waals surface area contributed by atoms with Crippen LogP contribution in [0.15, 0.2) is 0 Å². The molecule has 0 aromatic rings. The van der Waals surface area contributed by atoms with Gasteiger partial charge in [-0.25, -0.2) is 8.78 Å². The lowest BCUT2D eigenvalue weighted by Crippen LogP contribution is -2.52. The molecule has 1 aliphatic heterocycles. The van der Waals surface area contributed by atoms with Gasteiger partial charge in [0.15, 0.2) is 0 Å². The summed E-state index contributed by atoms with van der Waals surface area (Å²) >= 11 is 0. The average Bonchev–Trinajstić information content (AvgIpc) is 2.53. The molecule has 2 rings (SSSR count). The van der Waals surface area contributed by atoms with Crippen molar-refractivity contribution in [2.45, 2.75) is 19.3 Å². The number of halogens is 2. The van der Waals surface area contributed by atoms with Crippen LogP contribution < -0.4 is 0 Å². The van der Waals surface area contributed by atoms with Crippen molar-refractivity contribution < 1.29 is 13.6 Å². The van der Waals surface area contributed by atoms with Crippen molar-refractivity contribution in [3.8, 4) is 0 Å². The second kappa shape index (κ2) is 2.50. The molecule has 13 heavy (non-hydrogen) atoms. The largest absolute Gasteiger partial charge is 0.303 e. The molecule has 1 saturated heterocycles. The van der Waals surface area contributed by atoms with E-state index in [0.717, 1.165) is 6.29 Å². The van der Waals surface area contributed by atoms with E-state index in [2.05, 4.69) is 0 Å². The highest BCUT2D eigenvalue weighted by molar-refractivity contribution is 5.53. The highest BCUT2D eigenvalue weighted by Gasteiger charge is 2.75. The molecule has 0 bridgehead atoms. The Bertz CT molecular complexity index is 236. The summed E-state index contributed by atoms with van der Waals surface area (Å²) in [5.41, 5.74) is -0.699. The van der Waals surface area contributed by atoms with Gasteiger partial charge in [0.05, 0.1) is 5.41 Å². The van der Waals surface area contributed by atoms with E-state index in [9.17, 15) is 13.6 Å². The number of hydrogen-bond donors (Lipinski definition) is 0. The molecule has 1 spiro atoms. The van der Waals surface area contributed by atoms with Gasteiger partial charge < -0.3 is 9.69 Å². The Labute approximate surface area is 75.9 Å². The molecule has 0 N–H and O–H groups in total. The van der Waals surface area contributed by atoms with Gasteiger partial charge in [-0.3, -0.25) is 0 Å². The molecule has 2 fully saturated rings. The van der Waals surface area contributed by atoms with Crippen molar-refractivity contribution in [1.82, 2.24) is 4.90 Å². The van der Waals surface area contributed by atoms with E-state index in [4.69, 9.17) is 0 Å². The Hall–Kier alpha value is -0.510. The Kier molecular flexibility index (Phi) is 1.74. The van der Waals surface area contributed by atoms with Gasteiger partial charge in [-0.15, -0.1) is 0 Å². The van der Waals surface area contributed by atoms with E-state index in [1.54, 1.807) is 0 Å². The molecule has 0 amide bonds. The number of likely N-dealkylation sites (tertiary alicyclic amines) is 1. The minimum absolute atomic E-state index is 0.0373. The molecule has 1 saturated carbocycles. The van der Waals surface area contributed by atoms with Crippen LogP contribution in [0, 0.1) is 11.3 Å². The summed E-state index contributed by atoms with van der Waals surface area (Å²) in [5, 5.41) is 0. The zero-order valence-corrected chi connectivity index (χ0v) is 7.59. The van der Waals surface area contributed by atoms with Crippen LogP contribution in [0.4, 0.5) is 8.78 Å². The van der Waals surface area contributed by atoms with Crippen LogP contribution in [0.3, 0.4) is 0 Å². The fraction of sp³-hybridized carbons (Fsp3) is 0.889. The van der Waals surface area contributed by atoms with Crippen molar-refractivity contribution in [3.63, 3.8) is 0 Å². The van der Waals surface area contributed by atoms with Gasteiger partial charge in [-0.05, 0) is 0 Å². The van der Waals surface area contributed by atoms with Gasteiger partial charge >= 0.3 is 0 Å². The maximum atomic E-state index is 12.7. The summed E-state index contributed by atoms with van der Waals surface area (Å²) < 4.78 is 25.5. The predicted octanol–water partition coefficient (Wildman–Crippen LogP) is 1.16. The van der Waals surface area contributed by atoms with E-state index in [1.807, 2.05) is 11.8 Å². The van der Waals surface area contributed by atoms with Crippen LogP contribution in [0.5, 0.6) is 0 Å². The smallest absolute Gasteiger partial charge is 0.257 e. The maximum absolute atomic E-state index is 12.7. The maximum Gasteiger partial charge on any atom is 0.257 e. The molecule has 1 atom stereocenters. The highest BCUT2D eigenvalue weighted by atomic mass is 19.3. The number of alkyl halides is 2. The first-order valence-electron chi connectivity index (χ1n) is 4.55. The fourth-order valence-electron chi connectivity index (χ4n) is 2.11. The lowest BCUT2D eigenvalue weighted by molar-refractivity contribution is -0.112. The van der Waals surface area contributed by atoms with E-state index in [0.29, 0.717) is 19.6 Å². The number of hydrogen-bond acceptors (Lipinski definition) is 2. The zero-order valence-electron chi connectivity index (χ0n) is 7.59. The molecule has 0 aromatic heterocycles. The molecular formula is C9H13F2NO. The predicted molar refractivity (Wildman–Crippen MR) is 43.7 cm³/mol. The first-order valence-corrected chi connectivity index (χ1v) is 4.55. The summed E-state index contributed by atoms with van der Waals surface area (Å²) in [6.45, 7) is 3.38. The normalized spacial score (nSPS) is 31.0. The second-order valence-electron chi connectivity index (χ2n) is 4.44. The lowest BCUT2D eigenvalue weighted by atomic mass is 9.94. The summed E-state index contributed by atoms with van der Waals surface area (Å²) in [4.78, 5) is 12.2. The molecular weight excluding hydrogens is 176 g/mol. The van der Waals surface area contributed by atoms with Crippen molar-refractivity contribution >= 4 is 6.29 Å². The Morgan fingerprint density at radius 1 is 1.54 bits per heavy atom. The average molecular weight is 189 g/mol. The summed E-state index contributed by atoms with van der Waals surface area (Å²) in [7, 11) is 0. The fourth-order valence-corrected chi connectivity index (χ4v) is 2.11. The van der Waals surface area contributed by atoms with Gasteiger partial charge in [0.1, 0.15) is 6.29 Å². The minimum Gasteiger partial charge on any atom is -0.303 e. The first kappa shape index (κ1) is 9.06. The third kappa shape index (κ3) is 1.27. The number of rotatable bonds is 3. The van der Waals surface area contributed by atoms with E-state index < -0.39 is 11.3 Å². The standard InChI is InChI=1S/C9H13F2NO/c1-7(3-13)2-12-5-8(6-12)4-9(8,10)11/h3,7H,2,4-6H2,1H3. The first-order chi connectivity index (χ1) is 5.99. The topological polar surface area (TPSA) is 20.3 Å². The summed E-state index contributed by atoms with van der Waals surface area (Å²) in [6.07, 6.45) is 0.919. The van der Waals surface area contributed by atoms with E-state index in [-0.39, 0.29) is 12.3 Å². The molecule has 1 unspecified atom stereocenters. The molecule has 74 valence electrons. The third-order valence-corrected chi connectivity index (χ3v) is 3.04. The number of nitrogens with zero attached hydrogens (tertiary/aromatic N) is 1. The highest BCUT2D eigenvalue weighted by Crippen LogP contribution is 2.65. The number of carbonyl (C=O) groups is 1. The molecule has 2 nitrogen and oxygen atoms in total. The van der Waals surface area contributed by atoms with Crippen LogP contribution in [-0.4, -0.2) is 36.7 Å². The lowest BCUT2D eigenvalue weighted by Gasteiger charge is -2.40. The van der Waals surface area contributed by atoms with Crippen LogP contribution >= 0.6 is 0 Å². The monoisotopic (exact) mass is 189 g/mol. The van der Waals surface area contributed by atoms with Crippen LogP contribution in [-0.2, 0) is 4.79 Å². The quantitative estimate of drug-likeness (QED) is 0.621. The minimum atomic E-state index is -2.42.